The summed E-state index contributed by atoms with van der Waals surface area (Å²) in [5.41, 5.74) is 0.134. The molecule has 2 heterocycles. The van der Waals surface area contributed by atoms with Gasteiger partial charge in [-0.15, -0.1) is 0 Å². The van der Waals surface area contributed by atoms with Gasteiger partial charge in [0, 0.05) is 18.1 Å². The third kappa shape index (κ3) is 6.87. The van der Waals surface area contributed by atoms with Gasteiger partial charge in [-0.1, -0.05) is 37.0 Å². The summed E-state index contributed by atoms with van der Waals surface area (Å²) in [7, 11) is 2.22. The standard InChI is InChI=1S/C22H29BCl2N4O6/c1-12(2)7-18(27-19(30)9-26-20(31)14-8-13(24)5-6-15(14)25)23-34-21(32)16-10-28(3)11-17(29(16)4)22(33)35-23/h5-6,8,12,16-18H,7,9-11H2,1-4H3,(H,26,31)(H,27,30)/t16-,17-,18+/m1/s1. The Kier molecular flexibility index (Phi) is 9.03. The number of hydrogen-bond acceptors (Lipinski definition) is 8. The van der Waals surface area contributed by atoms with Crippen molar-refractivity contribution >= 4 is 54.1 Å². The van der Waals surface area contributed by atoms with Crippen LogP contribution in [-0.4, -0.2) is 92.4 Å². The van der Waals surface area contributed by atoms with E-state index in [4.69, 9.17) is 32.5 Å². The molecular weight excluding hydrogens is 498 g/mol. The molecule has 3 rings (SSSR count). The van der Waals surface area contributed by atoms with Crippen LogP contribution in [0.4, 0.5) is 0 Å². The third-order valence-corrected chi connectivity index (χ3v) is 6.51. The van der Waals surface area contributed by atoms with Crippen LogP contribution in [0.25, 0.3) is 0 Å². The lowest BCUT2D eigenvalue weighted by atomic mass is 9.73. The lowest BCUT2D eigenvalue weighted by Gasteiger charge is -2.43. The van der Waals surface area contributed by atoms with Gasteiger partial charge in [0.05, 0.1) is 23.1 Å². The Bertz CT molecular complexity index is 969. The molecule has 0 radical (unpaired) electrons. The number of piperazine rings is 1. The molecule has 0 unspecified atom stereocenters. The number of fused-ring (bicyclic) bond motifs is 2. The zero-order valence-corrected chi connectivity index (χ0v) is 21.6. The van der Waals surface area contributed by atoms with E-state index in [2.05, 4.69) is 10.6 Å². The first kappa shape index (κ1) is 27.3. The van der Waals surface area contributed by atoms with Crippen LogP contribution in [0.15, 0.2) is 18.2 Å². The van der Waals surface area contributed by atoms with E-state index in [0.717, 1.165) is 0 Å². The minimum absolute atomic E-state index is 0.0799. The maximum Gasteiger partial charge on any atom is 0.622 e. The molecule has 0 aliphatic carbocycles. The fourth-order valence-electron chi connectivity index (χ4n) is 4.13. The SMILES string of the molecule is CC(C)C[C@H](NC(=O)CNC(=O)c1cc(Cl)ccc1Cl)B1OC(=O)[C@H]2CN(C)C[C@H](C(=O)O1)N2C. The largest absolute Gasteiger partial charge is 0.622 e. The number of nitrogens with one attached hydrogen (secondary N) is 2. The first-order chi connectivity index (χ1) is 16.5. The average molecular weight is 527 g/mol. The van der Waals surface area contributed by atoms with Gasteiger partial charge in [-0.2, -0.15) is 0 Å². The first-order valence-electron chi connectivity index (χ1n) is 11.3. The molecule has 0 saturated carbocycles. The van der Waals surface area contributed by atoms with Gasteiger partial charge in [-0.25, -0.2) is 0 Å². The van der Waals surface area contributed by atoms with Crippen LogP contribution in [0, 0.1) is 5.92 Å². The average Bonchev–Trinajstić information content (AvgIpc) is 2.78. The molecule has 2 aliphatic rings. The van der Waals surface area contributed by atoms with Crippen molar-refractivity contribution in [3.05, 3.63) is 33.8 Å². The van der Waals surface area contributed by atoms with Gasteiger partial charge < -0.3 is 24.8 Å². The monoisotopic (exact) mass is 526 g/mol. The summed E-state index contributed by atoms with van der Waals surface area (Å²) in [5.74, 6) is -2.91. The fourth-order valence-corrected chi connectivity index (χ4v) is 4.50. The second-order valence-corrected chi connectivity index (χ2v) is 10.1. The van der Waals surface area contributed by atoms with E-state index in [1.54, 1.807) is 18.0 Å². The van der Waals surface area contributed by atoms with Crippen molar-refractivity contribution < 1.29 is 28.5 Å². The molecular formula is C22H29BCl2N4O6. The second kappa shape index (κ2) is 11.6. The predicted octanol–water partition coefficient (Wildman–Crippen LogP) is 0.996. The topological polar surface area (TPSA) is 117 Å². The number of benzene rings is 1. The number of halogens is 2. The summed E-state index contributed by atoms with van der Waals surface area (Å²) < 4.78 is 11.1. The Morgan fingerprint density at radius 1 is 1.11 bits per heavy atom. The molecule has 1 aromatic rings. The zero-order valence-electron chi connectivity index (χ0n) is 20.0. The number of likely N-dealkylation sites (N-methyl/N-ethyl adjacent to an activating group) is 2. The summed E-state index contributed by atoms with van der Waals surface area (Å²) in [6.07, 6.45) is 0.371. The molecule has 2 N–H and O–H groups in total. The molecule has 2 amide bonds. The summed E-state index contributed by atoms with van der Waals surface area (Å²) in [4.78, 5) is 54.4. The maximum atomic E-state index is 12.9. The van der Waals surface area contributed by atoms with Gasteiger partial charge in [-0.3, -0.25) is 24.1 Å². The first-order valence-corrected chi connectivity index (χ1v) is 12.1. The summed E-state index contributed by atoms with van der Waals surface area (Å²) in [6, 6.07) is 3.17. The van der Waals surface area contributed by atoms with Gasteiger partial charge in [0.25, 0.3) is 5.91 Å². The maximum absolute atomic E-state index is 12.9. The molecule has 1 aromatic carbocycles. The summed E-state index contributed by atoms with van der Waals surface area (Å²) >= 11 is 12.0. The van der Waals surface area contributed by atoms with Gasteiger partial charge in [-0.05, 0) is 44.6 Å². The molecule has 2 bridgehead atoms. The number of carbonyl (C=O) groups excluding carboxylic acids is 4. The summed E-state index contributed by atoms with van der Waals surface area (Å²) in [5, 5.41) is 5.75. The van der Waals surface area contributed by atoms with E-state index in [-0.39, 0.29) is 23.0 Å². The van der Waals surface area contributed by atoms with Crippen LogP contribution in [-0.2, 0) is 23.7 Å². The Labute approximate surface area is 214 Å². The number of rotatable bonds is 7. The minimum atomic E-state index is -1.29. The van der Waals surface area contributed by atoms with Crippen molar-refractivity contribution in [3.8, 4) is 0 Å². The molecule has 35 heavy (non-hydrogen) atoms. The Hall–Kier alpha value is -2.34. The van der Waals surface area contributed by atoms with Crippen LogP contribution in [0.2, 0.25) is 10.0 Å². The van der Waals surface area contributed by atoms with Crippen molar-refractivity contribution in [1.29, 1.82) is 0 Å². The Morgan fingerprint density at radius 2 is 1.71 bits per heavy atom. The van der Waals surface area contributed by atoms with E-state index in [0.29, 0.717) is 24.5 Å². The van der Waals surface area contributed by atoms with Crippen LogP contribution in [0.3, 0.4) is 0 Å². The third-order valence-electron chi connectivity index (χ3n) is 5.94. The highest BCUT2D eigenvalue weighted by Gasteiger charge is 2.49. The van der Waals surface area contributed by atoms with Gasteiger partial charge in [0.1, 0.15) is 12.1 Å². The van der Waals surface area contributed by atoms with Crippen molar-refractivity contribution in [2.75, 3.05) is 33.7 Å². The fraction of sp³-hybridized carbons (Fsp3) is 0.545. The van der Waals surface area contributed by atoms with E-state index in [9.17, 15) is 19.2 Å². The van der Waals surface area contributed by atoms with Crippen molar-refractivity contribution in [3.63, 3.8) is 0 Å². The molecule has 3 atom stereocenters. The quantitative estimate of drug-likeness (QED) is 0.505. The number of amides is 2. The molecule has 13 heteroatoms. The molecule has 2 aliphatic heterocycles. The zero-order chi connectivity index (χ0) is 25.9. The van der Waals surface area contributed by atoms with Gasteiger partial charge in [0.2, 0.25) is 5.91 Å². The van der Waals surface area contributed by atoms with E-state index >= 15 is 0 Å². The Balaban J connectivity index is 1.69. The lowest BCUT2D eigenvalue weighted by molar-refractivity contribution is -0.159. The van der Waals surface area contributed by atoms with Crippen LogP contribution >= 0.6 is 23.2 Å². The molecule has 2 saturated heterocycles. The lowest BCUT2D eigenvalue weighted by Crippen LogP contribution is -2.66. The smallest absolute Gasteiger partial charge is 0.497 e. The van der Waals surface area contributed by atoms with Gasteiger partial charge >= 0.3 is 19.1 Å². The molecule has 2 fully saturated rings. The highest BCUT2D eigenvalue weighted by Crippen LogP contribution is 2.22. The molecule has 10 nitrogen and oxygen atoms in total. The van der Waals surface area contributed by atoms with Crippen LogP contribution in [0.1, 0.15) is 30.6 Å². The molecule has 190 valence electrons. The van der Waals surface area contributed by atoms with Crippen molar-refractivity contribution in [1.82, 2.24) is 20.4 Å². The van der Waals surface area contributed by atoms with E-state index in [1.807, 2.05) is 25.8 Å². The van der Waals surface area contributed by atoms with Crippen molar-refractivity contribution in [2.24, 2.45) is 5.92 Å². The minimum Gasteiger partial charge on any atom is -0.497 e. The molecule has 0 aromatic heterocycles. The highest BCUT2D eigenvalue weighted by atomic mass is 35.5. The number of hydrogen-bond donors (Lipinski definition) is 2. The molecule has 0 spiro atoms. The second-order valence-electron chi connectivity index (χ2n) is 9.27. The van der Waals surface area contributed by atoms with Gasteiger partial charge in [0.15, 0.2) is 0 Å². The number of carbonyl (C=O) groups is 4. The number of nitrogens with zero attached hydrogens (tertiary/aromatic N) is 2. The predicted molar refractivity (Wildman–Crippen MR) is 131 cm³/mol. The highest BCUT2D eigenvalue weighted by molar-refractivity contribution is 6.51. The van der Waals surface area contributed by atoms with Crippen molar-refractivity contribution in [2.45, 2.75) is 38.3 Å². The Morgan fingerprint density at radius 3 is 2.29 bits per heavy atom. The van der Waals surface area contributed by atoms with E-state index < -0.39 is 48.9 Å². The van der Waals surface area contributed by atoms with E-state index in [1.165, 1.54) is 12.1 Å². The normalized spacial score (nSPS) is 22.1. The summed E-state index contributed by atoms with van der Waals surface area (Å²) in [6.45, 7) is 4.29. The van der Waals surface area contributed by atoms with Crippen LogP contribution < -0.4 is 10.6 Å². The van der Waals surface area contributed by atoms with Crippen LogP contribution in [0.5, 0.6) is 0 Å².